The van der Waals surface area contributed by atoms with E-state index in [0.717, 1.165) is 0 Å². The molecular formula is C10H18N2O5. The van der Waals surface area contributed by atoms with Crippen molar-refractivity contribution in [3.63, 3.8) is 0 Å². The van der Waals surface area contributed by atoms with E-state index in [0.29, 0.717) is 0 Å². The van der Waals surface area contributed by atoms with Gasteiger partial charge >= 0.3 is 12.1 Å². The van der Waals surface area contributed by atoms with Gasteiger partial charge in [0.25, 0.3) is 0 Å². The molecule has 0 aromatic heterocycles. The quantitative estimate of drug-likeness (QED) is 0.652. The van der Waals surface area contributed by atoms with Crippen LogP contribution in [0.1, 0.15) is 27.7 Å². The van der Waals surface area contributed by atoms with Gasteiger partial charge in [-0.05, 0) is 27.7 Å². The van der Waals surface area contributed by atoms with E-state index in [4.69, 9.17) is 9.84 Å². The molecule has 7 heteroatoms. The van der Waals surface area contributed by atoms with Crippen molar-refractivity contribution in [3.05, 3.63) is 0 Å². The van der Waals surface area contributed by atoms with Crippen LogP contribution in [0, 0.1) is 0 Å². The second-order valence-corrected chi connectivity index (χ2v) is 4.48. The van der Waals surface area contributed by atoms with E-state index in [2.05, 4.69) is 10.6 Å². The van der Waals surface area contributed by atoms with Crippen molar-refractivity contribution in [2.24, 2.45) is 0 Å². The van der Waals surface area contributed by atoms with Crippen LogP contribution in [0.4, 0.5) is 4.79 Å². The third kappa shape index (κ3) is 8.06. The SMILES string of the molecule is CC(NC(=O)CNC(=O)OC(C)(C)C)C(=O)O. The predicted octanol–water partition coefficient (Wildman–Crippen LogP) is 0.100. The largest absolute Gasteiger partial charge is 0.480 e. The summed E-state index contributed by atoms with van der Waals surface area (Å²) in [5, 5.41) is 12.9. The van der Waals surface area contributed by atoms with Crippen LogP contribution in [-0.4, -0.2) is 41.3 Å². The van der Waals surface area contributed by atoms with Crippen LogP contribution in [0.2, 0.25) is 0 Å². The molecule has 0 saturated carbocycles. The molecule has 3 N–H and O–H groups in total. The van der Waals surface area contributed by atoms with Crippen molar-refractivity contribution in [1.82, 2.24) is 10.6 Å². The molecule has 0 saturated heterocycles. The van der Waals surface area contributed by atoms with Crippen LogP contribution in [0.25, 0.3) is 0 Å². The van der Waals surface area contributed by atoms with Gasteiger partial charge in [-0.25, -0.2) is 4.79 Å². The number of aliphatic carboxylic acids is 1. The highest BCUT2D eigenvalue weighted by molar-refractivity contribution is 5.86. The van der Waals surface area contributed by atoms with Gasteiger partial charge in [-0.2, -0.15) is 0 Å². The molecule has 1 unspecified atom stereocenters. The first-order valence-corrected chi connectivity index (χ1v) is 5.11. The normalized spacial score (nSPS) is 12.5. The summed E-state index contributed by atoms with van der Waals surface area (Å²) in [6, 6.07) is -0.997. The fraction of sp³-hybridized carbons (Fsp3) is 0.700. The lowest BCUT2D eigenvalue weighted by atomic mass is 10.2. The summed E-state index contributed by atoms with van der Waals surface area (Å²) in [6.45, 7) is 6.08. The fourth-order valence-electron chi connectivity index (χ4n) is 0.821. The van der Waals surface area contributed by atoms with Gasteiger partial charge in [0.15, 0.2) is 0 Å². The van der Waals surface area contributed by atoms with Crippen LogP contribution in [0.15, 0.2) is 0 Å². The second kappa shape index (κ2) is 6.07. The number of ether oxygens (including phenoxy) is 1. The van der Waals surface area contributed by atoms with Gasteiger partial charge in [0.2, 0.25) is 5.91 Å². The minimum Gasteiger partial charge on any atom is -0.480 e. The molecule has 7 nitrogen and oxygen atoms in total. The summed E-state index contributed by atoms with van der Waals surface area (Å²) in [5.74, 6) is -1.73. The molecule has 0 heterocycles. The molecule has 0 bridgehead atoms. The lowest BCUT2D eigenvalue weighted by Gasteiger charge is -2.19. The molecule has 0 aliphatic carbocycles. The van der Waals surface area contributed by atoms with E-state index in [9.17, 15) is 14.4 Å². The van der Waals surface area contributed by atoms with E-state index >= 15 is 0 Å². The molecule has 98 valence electrons. The molecule has 2 amide bonds. The van der Waals surface area contributed by atoms with Crippen LogP contribution >= 0.6 is 0 Å². The summed E-state index contributed by atoms with van der Waals surface area (Å²) >= 11 is 0. The van der Waals surface area contributed by atoms with E-state index in [1.807, 2.05) is 0 Å². The number of nitrogens with one attached hydrogen (secondary N) is 2. The Labute approximate surface area is 99.5 Å². The van der Waals surface area contributed by atoms with Gasteiger partial charge in [-0.3, -0.25) is 9.59 Å². The fourth-order valence-corrected chi connectivity index (χ4v) is 0.821. The zero-order valence-corrected chi connectivity index (χ0v) is 10.4. The highest BCUT2D eigenvalue weighted by Crippen LogP contribution is 2.05. The summed E-state index contributed by atoms with van der Waals surface area (Å²) in [6.07, 6.45) is -0.726. The smallest absolute Gasteiger partial charge is 0.408 e. The minimum atomic E-state index is -1.14. The van der Waals surface area contributed by atoms with Crippen molar-refractivity contribution in [2.75, 3.05) is 6.54 Å². The van der Waals surface area contributed by atoms with Crippen molar-refractivity contribution >= 4 is 18.0 Å². The summed E-state index contributed by atoms with van der Waals surface area (Å²) in [5.41, 5.74) is -0.644. The zero-order valence-electron chi connectivity index (χ0n) is 10.4. The van der Waals surface area contributed by atoms with Crippen molar-refractivity contribution < 1.29 is 24.2 Å². The van der Waals surface area contributed by atoms with Gasteiger partial charge < -0.3 is 20.5 Å². The topological polar surface area (TPSA) is 105 Å². The van der Waals surface area contributed by atoms with Gasteiger partial charge in [0.1, 0.15) is 18.2 Å². The number of alkyl carbamates (subject to hydrolysis) is 1. The third-order valence-corrected chi connectivity index (χ3v) is 1.54. The summed E-state index contributed by atoms with van der Waals surface area (Å²) in [4.78, 5) is 32.8. The maximum Gasteiger partial charge on any atom is 0.408 e. The maximum atomic E-state index is 11.2. The zero-order chi connectivity index (χ0) is 13.6. The van der Waals surface area contributed by atoms with E-state index in [1.165, 1.54) is 6.92 Å². The molecule has 0 aromatic carbocycles. The summed E-state index contributed by atoms with van der Waals surface area (Å²) in [7, 11) is 0. The molecule has 1 atom stereocenters. The third-order valence-electron chi connectivity index (χ3n) is 1.54. The molecule has 0 aliphatic heterocycles. The minimum absolute atomic E-state index is 0.327. The number of carbonyl (C=O) groups is 3. The number of carboxylic acid groups (broad SMARTS) is 1. The number of hydrogen-bond donors (Lipinski definition) is 3. The van der Waals surface area contributed by atoms with Crippen molar-refractivity contribution in [1.29, 1.82) is 0 Å². The number of carbonyl (C=O) groups excluding carboxylic acids is 2. The molecule has 0 spiro atoms. The Morgan fingerprint density at radius 2 is 1.82 bits per heavy atom. The number of carboxylic acids is 1. The first-order chi connectivity index (χ1) is 7.61. The Morgan fingerprint density at radius 3 is 2.24 bits per heavy atom. The van der Waals surface area contributed by atoms with Gasteiger partial charge in [-0.1, -0.05) is 0 Å². The summed E-state index contributed by atoms with van der Waals surface area (Å²) < 4.78 is 4.89. The molecule has 0 fully saturated rings. The first kappa shape index (κ1) is 15.2. The average molecular weight is 246 g/mol. The Hall–Kier alpha value is -1.79. The second-order valence-electron chi connectivity index (χ2n) is 4.48. The van der Waals surface area contributed by atoms with Crippen LogP contribution < -0.4 is 10.6 Å². The lowest BCUT2D eigenvalue weighted by Crippen LogP contribution is -2.44. The number of hydrogen-bond acceptors (Lipinski definition) is 4. The van der Waals surface area contributed by atoms with Crippen LogP contribution in [0.3, 0.4) is 0 Å². The highest BCUT2D eigenvalue weighted by atomic mass is 16.6. The first-order valence-electron chi connectivity index (χ1n) is 5.11. The molecule has 17 heavy (non-hydrogen) atoms. The average Bonchev–Trinajstić information content (AvgIpc) is 2.11. The Bertz CT molecular complexity index is 308. The predicted molar refractivity (Wildman–Crippen MR) is 59.5 cm³/mol. The van der Waals surface area contributed by atoms with Crippen LogP contribution in [-0.2, 0) is 14.3 Å². The maximum absolute atomic E-state index is 11.2. The van der Waals surface area contributed by atoms with Crippen molar-refractivity contribution in [3.8, 4) is 0 Å². The van der Waals surface area contributed by atoms with E-state index in [-0.39, 0.29) is 6.54 Å². The molecule has 0 radical (unpaired) electrons. The Kier molecular flexibility index (Phi) is 5.43. The number of amides is 2. The lowest BCUT2D eigenvalue weighted by molar-refractivity contribution is -0.141. The molecule has 0 rings (SSSR count). The molecule has 0 aromatic rings. The Morgan fingerprint density at radius 1 is 1.29 bits per heavy atom. The Balaban J connectivity index is 3.93. The van der Waals surface area contributed by atoms with E-state index in [1.54, 1.807) is 20.8 Å². The molecule has 0 aliphatic rings. The van der Waals surface area contributed by atoms with Gasteiger partial charge in [0.05, 0.1) is 0 Å². The monoisotopic (exact) mass is 246 g/mol. The van der Waals surface area contributed by atoms with Crippen molar-refractivity contribution in [2.45, 2.75) is 39.3 Å². The van der Waals surface area contributed by atoms with Gasteiger partial charge in [-0.15, -0.1) is 0 Å². The standard InChI is InChI=1S/C10H18N2O5/c1-6(8(14)15)12-7(13)5-11-9(16)17-10(2,3)4/h6H,5H2,1-4H3,(H,11,16)(H,12,13)(H,14,15). The van der Waals surface area contributed by atoms with Gasteiger partial charge in [0, 0.05) is 0 Å². The highest BCUT2D eigenvalue weighted by Gasteiger charge is 2.18. The molecular weight excluding hydrogens is 228 g/mol. The van der Waals surface area contributed by atoms with E-state index < -0.39 is 29.6 Å². The van der Waals surface area contributed by atoms with Crippen LogP contribution in [0.5, 0.6) is 0 Å². The number of rotatable bonds is 4.